The fourth-order valence-corrected chi connectivity index (χ4v) is 2.48. The maximum absolute atomic E-state index is 4.46. The van der Waals surface area contributed by atoms with Gasteiger partial charge in [0.05, 0.1) is 6.20 Å². The monoisotopic (exact) mass is 383 g/mol. The van der Waals surface area contributed by atoms with E-state index in [9.17, 15) is 0 Å². The van der Waals surface area contributed by atoms with Crippen molar-refractivity contribution in [2.75, 3.05) is 10.6 Å². The van der Waals surface area contributed by atoms with Gasteiger partial charge in [0.2, 0.25) is 5.95 Å². The molecule has 24 heavy (non-hydrogen) atoms. The molecule has 0 spiro atoms. The third-order valence-electron chi connectivity index (χ3n) is 3.75. The van der Waals surface area contributed by atoms with E-state index in [0.717, 1.165) is 21.4 Å². The number of hydrogen-bond donors (Lipinski definition) is 2. The third-order valence-corrected chi connectivity index (χ3v) is 4.64. The predicted octanol–water partition coefficient (Wildman–Crippen LogP) is 5.05. The van der Waals surface area contributed by atoms with Gasteiger partial charge in [-0.3, -0.25) is 0 Å². The molecular weight excluding hydrogens is 366 g/mol. The van der Waals surface area contributed by atoms with E-state index in [1.54, 1.807) is 6.20 Å². The normalized spacial score (nSPS) is 10.5. The molecule has 0 aliphatic carbocycles. The zero-order chi connectivity index (χ0) is 17.1. The van der Waals surface area contributed by atoms with Crippen molar-refractivity contribution in [2.24, 2.45) is 0 Å². The predicted molar refractivity (Wildman–Crippen MR) is 101 cm³/mol. The molecule has 3 aromatic rings. The summed E-state index contributed by atoms with van der Waals surface area (Å²) in [4.78, 5) is 4.46. The van der Waals surface area contributed by atoms with Crippen LogP contribution in [0.3, 0.4) is 0 Å². The molecule has 0 amide bonds. The molecule has 0 radical (unpaired) electrons. The average molecular weight is 384 g/mol. The Bertz CT molecular complexity index is 810. The van der Waals surface area contributed by atoms with Gasteiger partial charge in [-0.25, -0.2) is 0 Å². The minimum absolute atomic E-state index is 0.456. The van der Waals surface area contributed by atoms with Gasteiger partial charge in [0.15, 0.2) is 5.82 Å². The number of rotatable bonds is 4. The van der Waals surface area contributed by atoms with Crippen LogP contribution in [0, 0.1) is 20.8 Å². The summed E-state index contributed by atoms with van der Waals surface area (Å²) < 4.78 is 1.07. The van der Waals surface area contributed by atoms with Crippen LogP contribution in [-0.2, 0) is 0 Å². The summed E-state index contributed by atoms with van der Waals surface area (Å²) in [6, 6.07) is 12.2. The van der Waals surface area contributed by atoms with Gasteiger partial charge in [-0.15, -0.1) is 5.10 Å². The molecule has 0 bridgehead atoms. The van der Waals surface area contributed by atoms with Crippen molar-refractivity contribution in [3.63, 3.8) is 0 Å². The Hall–Kier alpha value is -2.47. The molecule has 1 heterocycles. The van der Waals surface area contributed by atoms with E-state index >= 15 is 0 Å². The third kappa shape index (κ3) is 3.89. The van der Waals surface area contributed by atoms with Gasteiger partial charge < -0.3 is 10.6 Å². The molecule has 0 saturated heterocycles. The van der Waals surface area contributed by atoms with Gasteiger partial charge in [-0.2, -0.15) is 10.1 Å². The van der Waals surface area contributed by atoms with Crippen LogP contribution in [0.4, 0.5) is 23.1 Å². The lowest BCUT2D eigenvalue weighted by atomic mass is 10.1. The van der Waals surface area contributed by atoms with E-state index in [0.29, 0.717) is 11.8 Å². The van der Waals surface area contributed by atoms with Gasteiger partial charge in [0.1, 0.15) is 0 Å². The zero-order valence-electron chi connectivity index (χ0n) is 13.8. The van der Waals surface area contributed by atoms with E-state index in [1.807, 2.05) is 31.2 Å². The molecule has 122 valence electrons. The fourth-order valence-electron chi connectivity index (χ4n) is 2.24. The van der Waals surface area contributed by atoms with Crippen molar-refractivity contribution in [3.05, 3.63) is 63.8 Å². The van der Waals surface area contributed by atoms with Crippen LogP contribution < -0.4 is 10.6 Å². The Morgan fingerprint density at radius 2 is 1.54 bits per heavy atom. The number of nitrogens with one attached hydrogen (secondary N) is 2. The second kappa shape index (κ2) is 6.97. The molecule has 0 saturated carbocycles. The van der Waals surface area contributed by atoms with Gasteiger partial charge in [0.25, 0.3) is 0 Å². The number of nitrogens with zero attached hydrogens (tertiary/aromatic N) is 3. The highest BCUT2D eigenvalue weighted by Crippen LogP contribution is 2.23. The highest BCUT2D eigenvalue weighted by molar-refractivity contribution is 9.10. The quantitative estimate of drug-likeness (QED) is 0.659. The Morgan fingerprint density at radius 1 is 0.833 bits per heavy atom. The van der Waals surface area contributed by atoms with Gasteiger partial charge >= 0.3 is 0 Å². The first kappa shape index (κ1) is 16.4. The van der Waals surface area contributed by atoms with Crippen molar-refractivity contribution in [1.82, 2.24) is 15.2 Å². The number of anilines is 4. The largest absolute Gasteiger partial charge is 0.339 e. The van der Waals surface area contributed by atoms with E-state index in [-0.39, 0.29) is 0 Å². The lowest BCUT2D eigenvalue weighted by molar-refractivity contribution is 0.982. The number of benzene rings is 2. The van der Waals surface area contributed by atoms with Crippen LogP contribution in [0.25, 0.3) is 0 Å². The summed E-state index contributed by atoms with van der Waals surface area (Å²) in [5.41, 5.74) is 5.51. The van der Waals surface area contributed by atoms with E-state index in [4.69, 9.17) is 0 Å². The molecular formula is C18H18BrN5. The summed E-state index contributed by atoms with van der Waals surface area (Å²) in [7, 11) is 0. The summed E-state index contributed by atoms with van der Waals surface area (Å²) in [6.45, 7) is 6.20. The second-order valence-electron chi connectivity index (χ2n) is 5.68. The molecule has 6 heteroatoms. The van der Waals surface area contributed by atoms with E-state index in [2.05, 4.69) is 67.7 Å². The van der Waals surface area contributed by atoms with Crippen LogP contribution in [0.1, 0.15) is 16.7 Å². The van der Waals surface area contributed by atoms with Crippen LogP contribution in [0.15, 0.2) is 47.1 Å². The Kier molecular flexibility index (Phi) is 4.76. The first-order valence-corrected chi connectivity index (χ1v) is 8.38. The van der Waals surface area contributed by atoms with Gasteiger partial charge in [0, 0.05) is 15.8 Å². The SMILES string of the molecule is Cc1ccc(Nc2nncc(Nc3ccc(Br)c(C)c3)n2)cc1C. The van der Waals surface area contributed by atoms with Crippen LogP contribution in [0.2, 0.25) is 0 Å². The molecule has 0 unspecified atom stereocenters. The van der Waals surface area contributed by atoms with Crippen molar-refractivity contribution >= 4 is 39.1 Å². The minimum atomic E-state index is 0.456. The Morgan fingerprint density at radius 3 is 2.29 bits per heavy atom. The number of aromatic nitrogens is 3. The molecule has 0 fully saturated rings. The van der Waals surface area contributed by atoms with Crippen molar-refractivity contribution < 1.29 is 0 Å². The molecule has 1 aromatic heterocycles. The molecule has 0 atom stereocenters. The Labute approximate surface area is 149 Å². The summed E-state index contributed by atoms with van der Waals surface area (Å²) >= 11 is 3.50. The Balaban J connectivity index is 1.78. The number of halogens is 1. The van der Waals surface area contributed by atoms with Gasteiger partial charge in [-0.1, -0.05) is 22.0 Å². The molecule has 0 aliphatic rings. The second-order valence-corrected chi connectivity index (χ2v) is 6.53. The first-order chi connectivity index (χ1) is 11.5. The first-order valence-electron chi connectivity index (χ1n) is 7.58. The highest BCUT2D eigenvalue weighted by atomic mass is 79.9. The van der Waals surface area contributed by atoms with Crippen LogP contribution in [-0.4, -0.2) is 15.2 Å². The highest BCUT2D eigenvalue weighted by Gasteiger charge is 2.04. The summed E-state index contributed by atoms with van der Waals surface area (Å²) in [5, 5.41) is 14.5. The van der Waals surface area contributed by atoms with Crippen LogP contribution >= 0.6 is 15.9 Å². The minimum Gasteiger partial charge on any atom is -0.339 e. The van der Waals surface area contributed by atoms with Gasteiger partial charge in [-0.05, 0) is 67.8 Å². The van der Waals surface area contributed by atoms with E-state index < -0.39 is 0 Å². The maximum atomic E-state index is 4.46. The number of hydrogen-bond acceptors (Lipinski definition) is 5. The standard InChI is InChI=1S/C18H18BrN5/c1-11-4-5-15(8-12(11)2)22-18-23-17(10-20-24-18)21-14-6-7-16(19)13(3)9-14/h4-10H,1-3H3,(H2,21,22,23,24). The average Bonchev–Trinajstić information content (AvgIpc) is 2.55. The lowest BCUT2D eigenvalue weighted by Crippen LogP contribution is -2.02. The van der Waals surface area contributed by atoms with Crippen molar-refractivity contribution in [3.8, 4) is 0 Å². The molecule has 2 N–H and O–H groups in total. The van der Waals surface area contributed by atoms with E-state index in [1.165, 1.54) is 11.1 Å². The topological polar surface area (TPSA) is 62.7 Å². The summed E-state index contributed by atoms with van der Waals surface area (Å²) in [5.74, 6) is 1.09. The zero-order valence-corrected chi connectivity index (χ0v) is 15.3. The fraction of sp³-hybridized carbons (Fsp3) is 0.167. The lowest BCUT2D eigenvalue weighted by Gasteiger charge is -2.10. The molecule has 0 aliphatic heterocycles. The smallest absolute Gasteiger partial charge is 0.249 e. The van der Waals surface area contributed by atoms with Crippen molar-refractivity contribution in [2.45, 2.75) is 20.8 Å². The van der Waals surface area contributed by atoms with Crippen molar-refractivity contribution in [1.29, 1.82) is 0 Å². The number of aryl methyl sites for hydroxylation is 3. The summed E-state index contributed by atoms with van der Waals surface area (Å²) in [6.07, 6.45) is 1.60. The molecule has 2 aromatic carbocycles. The maximum Gasteiger partial charge on any atom is 0.249 e. The molecule has 5 nitrogen and oxygen atoms in total. The van der Waals surface area contributed by atoms with Crippen LogP contribution in [0.5, 0.6) is 0 Å². The molecule has 3 rings (SSSR count).